The zero-order valence-corrected chi connectivity index (χ0v) is 8.74. The molecule has 1 heterocycles. The Morgan fingerprint density at radius 1 is 1.79 bits per heavy atom. The summed E-state index contributed by atoms with van der Waals surface area (Å²) in [6, 6.07) is 0. The van der Waals surface area contributed by atoms with Gasteiger partial charge in [-0.25, -0.2) is 5.06 Å². The van der Waals surface area contributed by atoms with Gasteiger partial charge in [0, 0.05) is 13.5 Å². The third-order valence-electron chi connectivity index (χ3n) is 2.16. The lowest BCUT2D eigenvalue weighted by Crippen LogP contribution is -2.26. The quantitative estimate of drug-likeness (QED) is 0.505. The second-order valence-electron chi connectivity index (χ2n) is 3.30. The van der Waals surface area contributed by atoms with Gasteiger partial charge in [-0.1, -0.05) is 6.58 Å². The zero-order chi connectivity index (χ0) is 10.7. The molecule has 0 radical (unpaired) electrons. The highest BCUT2D eigenvalue weighted by atomic mass is 16.7. The number of hydrogen-bond donors (Lipinski definition) is 0. The van der Waals surface area contributed by atoms with Crippen molar-refractivity contribution < 1.29 is 14.4 Å². The molecular weight excluding hydrogens is 182 g/mol. The normalized spacial score (nSPS) is 19.9. The average molecular weight is 197 g/mol. The minimum atomic E-state index is -0.170. The fourth-order valence-corrected chi connectivity index (χ4v) is 1.17. The van der Waals surface area contributed by atoms with Crippen LogP contribution in [-0.4, -0.2) is 31.2 Å². The van der Waals surface area contributed by atoms with Gasteiger partial charge < -0.3 is 4.74 Å². The van der Waals surface area contributed by atoms with Crippen LogP contribution < -0.4 is 0 Å². The Kier molecular flexibility index (Phi) is 3.30. The molecule has 4 nitrogen and oxygen atoms in total. The standard InChI is InChI=1S/C10H15NO3/c1-7(2)9-5-8(6-14-9)10(12)11(3)13-4/h6,9H,1,5H2,2-4H3. The van der Waals surface area contributed by atoms with Gasteiger partial charge in [-0.3, -0.25) is 9.63 Å². The van der Waals surface area contributed by atoms with Crippen LogP contribution in [0.5, 0.6) is 0 Å². The zero-order valence-electron chi connectivity index (χ0n) is 8.74. The number of rotatable bonds is 3. The summed E-state index contributed by atoms with van der Waals surface area (Å²) in [6.45, 7) is 5.66. The minimum Gasteiger partial charge on any atom is -0.493 e. The summed E-state index contributed by atoms with van der Waals surface area (Å²) in [5.41, 5.74) is 1.53. The van der Waals surface area contributed by atoms with E-state index in [4.69, 9.17) is 9.57 Å². The summed E-state index contributed by atoms with van der Waals surface area (Å²) in [5, 5.41) is 1.18. The minimum absolute atomic E-state index is 0.0702. The molecule has 78 valence electrons. The van der Waals surface area contributed by atoms with Gasteiger partial charge in [-0.15, -0.1) is 0 Å². The highest BCUT2D eigenvalue weighted by Gasteiger charge is 2.25. The summed E-state index contributed by atoms with van der Waals surface area (Å²) < 4.78 is 5.28. The van der Waals surface area contributed by atoms with Gasteiger partial charge in [0.25, 0.3) is 5.91 Å². The number of nitrogens with zero attached hydrogens (tertiary/aromatic N) is 1. The van der Waals surface area contributed by atoms with Crippen molar-refractivity contribution in [3.63, 3.8) is 0 Å². The molecule has 0 aliphatic carbocycles. The Morgan fingerprint density at radius 2 is 2.43 bits per heavy atom. The van der Waals surface area contributed by atoms with E-state index in [1.165, 1.54) is 18.4 Å². The molecule has 0 aromatic heterocycles. The summed E-state index contributed by atoms with van der Waals surface area (Å²) in [5.74, 6) is -0.170. The van der Waals surface area contributed by atoms with Crippen LogP contribution in [-0.2, 0) is 14.4 Å². The predicted molar refractivity (Wildman–Crippen MR) is 52.2 cm³/mol. The fraction of sp³-hybridized carbons (Fsp3) is 0.500. The van der Waals surface area contributed by atoms with Gasteiger partial charge >= 0.3 is 0 Å². The molecule has 0 spiro atoms. The van der Waals surface area contributed by atoms with Gasteiger partial charge in [0.05, 0.1) is 18.9 Å². The van der Waals surface area contributed by atoms with Crippen molar-refractivity contribution >= 4 is 5.91 Å². The van der Waals surface area contributed by atoms with Crippen molar-refractivity contribution in [3.8, 4) is 0 Å². The van der Waals surface area contributed by atoms with E-state index in [2.05, 4.69) is 6.58 Å². The summed E-state index contributed by atoms with van der Waals surface area (Å²) in [6.07, 6.45) is 1.98. The average Bonchev–Trinajstić information content (AvgIpc) is 2.64. The first kappa shape index (κ1) is 10.8. The van der Waals surface area contributed by atoms with Crippen LogP contribution in [0.25, 0.3) is 0 Å². The SMILES string of the molecule is C=C(C)C1CC(C(=O)N(C)OC)=CO1. The molecule has 0 saturated heterocycles. The van der Waals surface area contributed by atoms with Gasteiger partial charge in [0.1, 0.15) is 6.10 Å². The Labute approximate surface area is 83.7 Å². The number of carbonyl (C=O) groups is 1. The van der Waals surface area contributed by atoms with E-state index in [1.54, 1.807) is 7.05 Å². The van der Waals surface area contributed by atoms with Crippen molar-refractivity contribution in [1.82, 2.24) is 5.06 Å². The molecule has 0 N–H and O–H groups in total. The lowest BCUT2D eigenvalue weighted by molar-refractivity contribution is -0.164. The molecule has 1 rings (SSSR count). The second-order valence-corrected chi connectivity index (χ2v) is 3.30. The Balaban J connectivity index is 2.57. The Morgan fingerprint density at radius 3 is 2.86 bits per heavy atom. The van der Waals surface area contributed by atoms with Crippen LogP contribution in [0.1, 0.15) is 13.3 Å². The maximum Gasteiger partial charge on any atom is 0.276 e. The lowest BCUT2D eigenvalue weighted by Gasteiger charge is -2.13. The highest BCUT2D eigenvalue weighted by molar-refractivity contribution is 5.92. The molecule has 1 atom stereocenters. The van der Waals surface area contributed by atoms with Gasteiger partial charge in [-0.2, -0.15) is 0 Å². The number of hydrogen-bond acceptors (Lipinski definition) is 3. The first-order chi connectivity index (χ1) is 6.56. The Bertz CT molecular complexity index is 283. The van der Waals surface area contributed by atoms with Crippen LogP contribution >= 0.6 is 0 Å². The topological polar surface area (TPSA) is 38.8 Å². The molecule has 4 heteroatoms. The molecule has 1 unspecified atom stereocenters. The molecule has 0 bridgehead atoms. The Hall–Kier alpha value is -1.29. The molecule has 14 heavy (non-hydrogen) atoms. The fourth-order valence-electron chi connectivity index (χ4n) is 1.17. The molecule has 1 amide bonds. The van der Waals surface area contributed by atoms with E-state index in [0.717, 1.165) is 5.57 Å². The number of ether oxygens (including phenoxy) is 1. The molecule has 0 fully saturated rings. The van der Waals surface area contributed by atoms with Gasteiger partial charge in [0.2, 0.25) is 0 Å². The van der Waals surface area contributed by atoms with Crippen LogP contribution in [0.2, 0.25) is 0 Å². The molecule has 0 aromatic rings. The van der Waals surface area contributed by atoms with E-state index < -0.39 is 0 Å². The van der Waals surface area contributed by atoms with Crippen molar-refractivity contribution in [3.05, 3.63) is 24.0 Å². The summed E-state index contributed by atoms with van der Waals surface area (Å²) >= 11 is 0. The van der Waals surface area contributed by atoms with Crippen molar-refractivity contribution in [1.29, 1.82) is 0 Å². The van der Waals surface area contributed by atoms with Crippen LogP contribution in [0.15, 0.2) is 24.0 Å². The maximum absolute atomic E-state index is 11.6. The molecular formula is C10H15NO3. The largest absolute Gasteiger partial charge is 0.493 e. The van der Waals surface area contributed by atoms with Crippen LogP contribution in [0.4, 0.5) is 0 Å². The van der Waals surface area contributed by atoms with Crippen LogP contribution in [0.3, 0.4) is 0 Å². The lowest BCUT2D eigenvalue weighted by atomic mass is 10.1. The molecule has 1 aliphatic rings. The second kappa shape index (κ2) is 4.28. The van der Waals surface area contributed by atoms with E-state index in [1.807, 2.05) is 6.92 Å². The van der Waals surface area contributed by atoms with Crippen molar-refractivity contribution in [2.24, 2.45) is 0 Å². The van der Waals surface area contributed by atoms with E-state index in [0.29, 0.717) is 12.0 Å². The van der Waals surface area contributed by atoms with E-state index in [9.17, 15) is 4.79 Å². The first-order valence-electron chi connectivity index (χ1n) is 4.38. The molecule has 0 aromatic carbocycles. The smallest absolute Gasteiger partial charge is 0.276 e. The van der Waals surface area contributed by atoms with Crippen molar-refractivity contribution in [2.45, 2.75) is 19.4 Å². The maximum atomic E-state index is 11.6. The number of carbonyl (C=O) groups excluding carboxylic acids is 1. The summed E-state index contributed by atoms with van der Waals surface area (Å²) in [7, 11) is 3.02. The first-order valence-corrected chi connectivity index (χ1v) is 4.38. The molecule has 1 aliphatic heterocycles. The number of hydroxylamine groups is 2. The van der Waals surface area contributed by atoms with E-state index in [-0.39, 0.29) is 12.0 Å². The van der Waals surface area contributed by atoms with Crippen molar-refractivity contribution in [2.75, 3.05) is 14.2 Å². The number of amides is 1. The van der Waals surface area contributed by atoms with Crippen LogP contribution in [0, 0.1) is 0 Å². The monoisotopic (exact) mass is 197 g/mol. The number of likely N-dealkylation sites (N-methyl/N-ethyl adjacent to an activating group) is 1. The third-order valence-corrected chi connectivity index (χ3v) is 2.16. The van der Waals surface area contributed by atoms with E-state index >= 15 is 0 Å². The third kappa shape index (κ3) is 2.14. The molecule has 0 saturated carbocycles. The predicted octanol–water partition coefficient (Wildman–Crippen LogP) is 1.26. The highest BCUT2D eigenvalue weighted by Crippen LogP contribution is 2.23. The van der Waals surface area contributed by atoms with Gasteiger partial charge in [0.15, 0.2) is 0 Å². The van der Waals surface area contributed by atoms with Gasteiger partial charge in [-0.05, 0) is 12.5 Å². The summed E-state index contributed by atoms with van der Waals surface area (Å²) in [4.78, 5) is 16.4.